The van der Waals surface area contributed by atoms with Gasteiger partial charge in [-0.25, -0.2) is 9.59 Å². The standard InChI is InChI=1S/C19H22O5/c1-8(2)18(21)24-17-15-10(4)13(20)7-12(15)9(3)6-14-16(17)11(5)19(22)23-14/h12-17,20H,1,3-7H2,2H3. The zero-order chi connectivity index (χ0) is 17.8. The van der Waals surface area contributed by atoms with Crippen LogP contribution in [0.2, 0.25) is 0 Å². The van der Waals surface area contributed by atoms with E-state index in [0.717, 1.165) is 5.57 Å². The molecule has 1 heterocycles. The number of aliphatic hydroxyl groups excluding tert-OH is 1. The number of hydrogen-bond acceptors (Lipinski definition) is 5. The molecule has 2 saturated carbocycles. The summed E-state index contributed by atoms with van der Waals surface area (Å²) in [6.45, 7) is 17.1. The maximum Gasteiger partial charge on any atom is 0.334 e. The van der Waals surface area contributed by atoms with E-state index < -0.39 is 36.2 Å². The summed E-state index contributed by atoms with van der Waals surface area (Å²) in [5.74, 6) is -1.85. The average molecular weight is 330 g/mol. The Morgan fingerprint density at radius 2 is 1.96 bits per heavy atom. The van der Waals surface area contributed by atoms with Gasteiger partial charge in [0.15, 0.2) is 0 Å². The average Bonchev–Trinajstić information content (AvgIpc) is 2.91. The molecule has 6 atom stereocenters. The van der Waals surface area contributed by atoms with Gasteiger partial charge < -0.3 is 14.6 Å². The molecule has 0 aromatic rings. The molecule has 5 heteroatoms. The molecule has 0 aromatic carbocycles. The Hall–Kier alpha value is -2.14. The number of carbonyl (C=O) groups is 2. The number of rotatable bonds is 2. The van der Waals surface area contributed by atoms with Gasteiger partial charge in [-0.3, -0.25) is 0 Å². The van der Waals surface area contributed by atoms with Crippen molar-refractivity contribution < 1.29 is 24.2 Å². The van der Waals surface area contributed by atoms with E-state index in [1.807, 2.05) is 0 Å². The summed E-state index contributed by atoms with van der Waals surface area (Å²) in [7, 11) is 0. The summed E-state index contributed by atoms with van der Waals surface area (Å²) < 4.78 is 11.1. The number of fused-ring (bicyclic) bond motifs is 2. The smallest absolute Gasteiger partial charge is 0.334 e. The summed E-state index contributed by atoms with van der Waals surface area (Å²) in [5, 5.41) is 10.2. The quantitative estimate of drug-likeness (QED) is 0.477. The van der Waals surface area contributed by atoms with Gasteiger partial charge in [0.1, 0.15) is 12.2 Å². The van der Waals surface area contributed by atoms with E-state index >= 15 is 0 Å². The maximum atomic E-state index is 12.2. The lowest BCUT2D eigenvalue weighted by atomic mass is 9.80. The van der Waals surface area contributed by atoms with E-state index in [1.54, 1.807) is 6.92 Å². The lowest BCUT2D eigenvalue weighted by molar-refractivity contribution is -0.150. The third-order valence-corrected chi connectivity index (χ3v) is 5.38. The van der Waals surface area contributed by atoms with Gasteiger partial charge in [-0.05, 0) is 24.8 Å². The summed E-state index contributed by atoms with van der Waals surface area (Å²) in [4.78, 5) is 24.1. The monoisotopic (exact) mass is 330 g/mol. The van der Waals surface area contributed by atoms with Crippen molar-refractivity contribution in [2.45, 2.75) is 38.1 Å². The third-order valence-electron chi connectivity index (χ3n) is 5.38. The van der Waals surface area contributed by atoms with Crippen LogP contribution in [-0.2, 0) is 19.1 Å². The molecule has 0 radical (unpaired) electrons. The first kappa shape index (κ1) is 16.7. The van der Waals surface area contributed by atoms with Crippen molar-refractivity contribution in [2.75, 3.05) is 0 Å². The molecule has 24 heavy (non-hydrogen) atoms. The fraction of sp³-hybridized carbons (Fsp3) is 0.474. The summed E-state index contributed by atoms with van der Waals surface area (Å²) in [5.41, 5.74) is 2.05. The molecule has 0 amide bonds. The zero-order valence-corrected chi connectivity index (χ0v) is 13.8. The van der Waals surface area contributed by atoms with Crippen molar-refractivity contribution in [2.24, 2.45) is 17.8 Å². The molecule has 0 spiro atoms. The number of carbonyl (C=O) groups excluding carboxylic acids is 2. The molecule has 3 fully saturated rings. The van der Waals surface area contributed by atoms with E-state index in [9.17, 15) is 14.7 Å². The minimum absolute atomic E-state index is 0.0625. The number of aliphatic hydroxyl groups is 1. The molecular formula is C19H22O5. The van der Waals surface area contributed by atoms with Crippen LogP contribution in [0.25, 0.3) is 0 Å². The van der Waals surface area contributed by atoms with Gasteiger partial charge in [-0.1, -0.05) is 31.9 Å². The van der Waals surface area contributed by atoms with E-state index in [2.05, 4.69) is 26.3 Å². The fourth-order valence-corrected chi connectivity index (χ4v) is 4.11. The predicted molar refractivity (Wildman–Crippen MR) is 87.7 cm³/mol. The highest BCUT2D eigenvalue weighted by atomic mass is 16.6. The van der Waals surface area contributed by atoms with Crippen LogP contribution in [-0.4, -0.2) is 35.4 Å². The van der Waals surface area contributed by atoms with Crippen LogP contribution in [0.1, 0.15) is 19.8 Å². The van der Waals surface area contributed by atoms with Gasteiger partial charge >= 0.3 is 11.9 Å². The number of esters is 2. The molecule has 6 unspecified atom stereocenters. The second kappa shape index (κ2) is 5.74. The molecule has 1 aliphatic heterocycles. The molecule has 1 N–H and O–H groups in total. The molecule has 0 aromatic heterocycles. The van der Waals surface area contributed by atoms with Gasteiger partial charge in [-0.2, -0.15) is 0 Å². The van der Waals surface area contributed by atoms with E-state index in [0.29, 0.717) is 24.0 Å². The summed E-state index contributed by atoms with van der Waals surface area (Å²) in [6.07, 6.45) is -0.838. The lowest BCUT2D eigenvalue weighted by Crippen LogP contribution is -2.39. The Morgan fingerprint density at radius 3 is 2.58 bits per heavy atom. The molecular weight excluding hydrogens is 308 g/mol. The zero-order valence-electron chi connectivity index (χ0n) is 13.8. The first-order valence-corrected chi connectivity index (χ1v) is 8.03. The highest BCUT2D eigenvalue weighted by Crippen LogP contribution is 2.52. The van der Waals surface area contributed by atoms with Crippen molar-refractivity contribution in [3.8, 4) is 0 Å². The minimum atomic E-state index is -0.675. The second-order valence-electron chi connectivity index (χ2n) is 6.97. The van der Waals surface area contributed by atoms with Crippen molar-refractivity contribution in [1.29, 1.82) is 0 Å². The van der Waals surface area contributed by atoms with Crippen LogP contribution in [0.4, 0.5) is 0 Å². The largest absolute Gasteiger partial charge is 0.458 e. The van der Waals surface area contributed by atoms with Gasteiger partial charge in [0.2, 0.25) is 0 Å². The van der Waals surface area contributed by atoms with Crippen molar-refractivity contribution in [3.63, 3.8) is 0 Å². The fourth-order valence-electron chi connectivity index (χ4n) is 4.11. The topological polar surface area (TPSA) is 72.8 Å². The molecule has 2 aliphatic carbocycles. The van der Waals surface area contributed by atoms with Crippen molar-refractivity contribution in [1.82, 2.24) is 0 Å². The number of hydrogen-bond donors (Lipinski definition) is 1. The van der Waals surface area contributed by atoms with Crippen LogP contribution < -0.4 is 0 Å². The predicted octanol–water partition coefficient (Wildman–Crippen LogP) is 2.09. The molecule has 3 rings (SSSR count). The maximum absolute atomic E-state index is 12.2. The van der Waals surface area contributed by atoms with E-state index in [-0.39, 0.29) is 17.4 Å². The summed E-state index contributed by atoms with van der Waals surface area (Å²) in [6, 6.07) is 0. The SMILES string of the molecule is C=C(C)C(=O)OC1C2C(=C)C(=O)OC2CC(=C)C2CC(O)C(=C)C21. The molecule has 0 bridgehead atoms. The van der Waals surface area contributed by atoms with Crippen molar-refractivity contribution >= 4 is 11.9 Å². The van der Waals surface area contributed by atoms with Crippen LogP contribution in [0.15, 0.2) is 48.6 Å². The Kier molecular flexibility index (Phi) is 4.00. The number of ether oxygens (including phenoxy) is 2. The molecule has 3 aliphatic rings. The highest BCUT2D eigenvalue weighted by molar-refractivity contribution is 5.91. The normalized spacial score (nSPS) is 38.2. The van der Waals surface area contributed by atoms with Crippen LogP contribution in [0.3, 0.4) is 0 Å². The van der Waals surface area contributed by atoms with Gasteiger partial charge in [0.05, 0.1) is 12.0 Å². The van der Waals surface area contributed by atoms with Gasteiger partial charge in [0, 0.05) is 23.5 Å². The Balaban J connectivity index is 2.05. The third kappa shape index (κ3) is 2.44. The molecule has 128 valence electrons. The highest BCUT2D eigenvalue weighted by Gasteiger charge is 2.56. The Labute approximate surface area is 141 Å². The van der Waals surface area contributed by atoms with Crippen molar-refractivity contribution in [3.05, 3.63) is 48.6 Å². The van der Waals surface area contributed by atoms with E-state index in [4.69, 9.17) is 9.47 Å². The van der Waals surface area contributed by atoms with Crippen LogP contribution in [0, 0.1) is 17.8 Å². The lowest BCUT2D eigenvalue weighted by Gasteiger charge is -2.31. The first-order chi connectivity index (χ1) is 11.2. The second-order valence-corrected chi connectivity index (χ2v) is 6.97. The molecule has 1 saturated heterocycles. The first-order valence-electron chi connectivity index (χ1n) is 8.03. The summed E-state index contributed by atoms with van der Waals surface area (Å²) >= 11 is 0. The van der Waals surface area contributed by atoms with Crippen LogP contribution >= 0.6 is 0 Å². The molecule has 5 nitrogen and oxygen atoms in total. The Morgan fingerprint density at radius 1 is 1.29 bits per heavy atom. The van der Waals surface area contributed by atoms with E-state index in [1.165, 1.54) is 0 Å². The van der Waals surface area contributed by atoms with Gasteiger partial charge in [-0.15, -0.1) is 0 Å². The van der Waals surface area contributed by atoms with Gasteiger partial charge in [0.25, 0.3) is 0 Å². The Bertz CT molecular complexity index is 673. The van der Waals surface area contributed by atoms with Crippen LogP contribution in [0.5, 0.6) is 0 Å². The minimum Gasteiger partial charge on any atom is -0.458 e.